The molecule has 2 nitrogen and oxygen atoms in total. The van der Waals surface area contributed by atoms with Gasteiger partial charge in [0.2, 0.25) is 0 Å². The van der Waals surface area contributed by atoms with Crippen molar-refractivity contribution in [1.82, 2.24) is 5.32 Å². The van der Waals surface area contributed by atoms with E-state index in [0.717, 1.165) is 19.3 Å². The molecule has 1 aliphatic heterocycles. The molecule has 0 bridgehead atoms. The van der Waals surface area contributed by atoms with Gasteiger partial charge in [-0.1, -0.05) is 13.8 Å². The van der Waals surface area contributed by atoms with E-state index in [1.54, 1.807) is 0 Å². The molecule has 2 heteroatoms. The maximum atomic E-state index is 5.09. The average molecular weight is 155 g/mol. The van der Waals surface area contributed by atoms with E-state index in [-0.39, 0.29) is 0 Å². The van der Waals surface area contributed by atoms with E-state index < -0.39 is 0 Å². The third kappa shape index (κ3) is 1.57. The molecule has 2 fully saturated rings. The van der Waals surface area contributed by atoms with Crippen molar-refractivity contribution in [1.29, 1.82) is 0 Å². The van der Waals surface area contributed by atoms with Crippen molar-refractivity contribution in [2.45, 2.75) is 38.8 Å². The van der Waals surface area contributed by atoms with Crippen LogP contribution in [0.4, 0.5) is 0 Å². The topological polar surface area (TPSA) is 21.3 Å². The molecule has 1 heterocycles. The molecule has 0 atom stereocenters. The first kappa shape index (κ1) is 7.56. The fraction of sp³-hybridized carbons (Fsp3) is 1.00. The summed E-state index contributed by atoms with van der Waals surface area (Å²) in [5.41, 5.74) is 0.599. The molecule has 2 rings (SSSR count). The maximum absolute atomic E-state index is 5.09. The molecule has 0 aromatic carbocycles. The number of hydrogen-bond acceptors (Lipinski definition) is 2. The summed E-state index contributed by atoms with van der Waals surface area (Å²) in [6.45, 7) is 6.53. The summed E-state index contributed by atoms with van der Waals surface area (Å²) in [6, 6.07) is 1.44. The van der Waals surface area contributed by atoms with E-state index in [1.807, 2.05) is 0 Å². The molecule has 11 heavy (non-hydrogen) atoms. The largest absolute Gasteiger partial charge is 0.378 e. The van der Waals surface area contributed by atoms with Crippen molar-refractivity contribution in [2.24, 2.45) is 5.41 Å². The summed E-state index contributed by atoms with van der Waals surface area (Å²) < 4.78 is 5.09. The summed E-state index contributed by atoms with van der Waals surface area (Å²) in [5.74, 6) is 0. The quantitative estimate of drug-likeness (QED) is 0.646. The van der Waals surface area contributed by atoms with E-state index >= 15 is 0 Å². The molecule has 0 unspecified atom stereocenters. The summed E-state index contributed by atoms with van der Waals surface area (Å²) in [4.78, 5) is 0. The van der Waals surface area contributed by atoms with Crippen LogP contribution in [0.5, 0.6) is 0 Å². The van der Waals surface area contributed by atoms with E-state index in [0.29, 0.717) is 11.5 Å². The van der Waals surface area contributed by atoms with E-state index in [9.17, 15) is 0 Å². The zero-order valence-corrected chi connectivity index (χ0v) is 7.39. The Hall–Kier alpha value is -0.0800. The molecule has 0 amide bonds. The minimum Gasteiger partial charge on any atom is -0.378 e. The Balaban J connectivity index is 1.67. The van der Waals surface area contributed by atoms with Crippen LogP contribution < -0.4 is 5.32 Å². The highest BCUT2D eigenvalue weighted by Gasteiger charge is 2.37. The highest BCUT2D eigenvalue weighted by Crippen LogP contribution is 2.40. The highest BCUT2D eigenvalue weighted by atomic mass is 16.5. The van der Waals surface area contributed by atoms with Crippen LogP contribution in [-0.2, 0) is 4.74 Å². The number of nitrogens with one attached hydrogen (secondary N) is 1. The highest BCUT2D eigenvalue weighted by molar-refractivity contribution is 4.94. The first-order valence-corrected chi connectivity index (χ1v) is 4.49. The van der Waals surface area contributed by atoms with E-state index in [2.05, 4.69) is 19.2 Å². The fourth-order valence-electron chi connectivity index (χ4n) is 2.06. The second-order valence-corrected chi connectivity index (χ2v) is 4.67. The van der Waals surface area contributed by atoms with Crippen molar-refractivity contribution in [3.05, 3.63) is 0 Å². The van der Waals surface area contributed by atoms with Crippen LogP contribution in [0.15, 0.2) is 0 Å². The zero-order chi connectivity index (χ0) is 7.90. The number of ether oxygens (including phenoxy) is 1. The third-order valence-electron chi connectivity index (χ3n) is 2.71. The molecule has 1 saturated carbocycles. The molecule has 64 valence electrons. The van der Waals surface area contributed by atoms with Gasteiger partial charge in [-0.3, -0.25) is 0 Å². The Kier molecular flexibility index (Phi) is 1.69. The van der Waals surface area contributed by atoms with Gasteiger partial charge in [0.1, 0.15) is 0 Å². The van der Waals surface area contributed by atoms with Crippen LogP contribution in [0.1, 0.15) is 26.7 Å². The van der Waals surface area contributed by atoms with Gasteiger partial charge >= 0.3 is 0 Å². The van der Waals surface area contributed by atoms with Gasteiger partial charge in [0.05, 0.1) is 19.3 Å². The van der Waals surface area contributed by atoms with Gasteiger partial charge < -0.3 is 10.1 Å². The van der Waals surface area contributed by atoms with Crippen molar-refractivity contribution in [3.63, 3.8) is 0 Å². The molecule has 0 aromatic rings. The monoisotopic (exact) mass is 155 g/mol. The van der Waals surface area contributed by atoms with Gasteiger partial charge in [0, 0.05) is 6.04 Å². The first-order chi connectivity index (χ1) is 5.16. The SMILES string of the molecule is CC1(C)CC(NC2COC2)C1. The Morgan fingerprint density at radius 2 is 1.82 bits per heavy atom. The molecular weight excluding hydrogens is 138 g/mol. The molecule has 1 aliphatic carbocycles. The maximum Gasteiger partial charge on any atom is 0.0643 e. The molecule has 0 radical (unpaired) electrons. The van der Waals surface area contributed by atoms with Crippen LogP contribution in [-0.4, -0.2) is 25.3 Å². The van der Waals surface area contributed by atoms with Gasteiger partial charge in [-0.05, 0) is 18.3 Å². The summed E-state index contributed by atoms with van der Waals surface area (Å²) in [6.07, 6.45) is 2.67. The van der Waals surface area contributed by atoms with Crippen LogP contribution in [0.25, 0.3) is 0 Å². The smallest absolute Gasteiger partial charge is 0.0643 e. The zero-order valence-electron chi connectivity index (χ0n) is 7.39. The van der Waals surface area contributed by atoms with Crippen LogP contribution in [0.2, 0.25) is 0 Å². The minimum atomic E-state index is 0.599. The fourth-order valence-corrected chi connectivity index (χ4v) is 2.06. The van der Waals surface area contributed by atoms with Crippen molar-refractivity contribution >= 4 is 0 Å². The predicted octanol–water partition coefficient (Wildman–Crippen LogP) is 1.16. The second kappa shape index (κ2) is 2.46. The first-order valence-electron chi connectivity index (χ1n) is 4.49. The van der Waals surface area contributed by atoms with Crippen molar-refractivity contribution in [2.75, 3.05) is 13.2 Å². The Morgan fingerprint density at radius 3 is 2.18 bits per heavy atom. The van der Waals surface area contributed by atoms with E-state index in [1.165, 1.54) is 12.8 Å². The van der Waals surface area contributed by atoms with Gasteiger partial charge in [-0.25, -0.2) is 0 Å². The normalized spacial score (nSPS) is 31.1. The van der Waals surface area contributed by atoms with Crippen LogP contribution in [0, 0.1) is 5.41 Å². The molecule has 0 spiro atoms. The van der Waals surface area contributed by atoms with Gasteiger partial charge in [-0.2, -0.15) is 0 Å². The van der Waals surface area contributed by atoms with Crippen molar-refractivity contribution < 1.29 is 4.74 Å². The Bertz CT molecular complexity index is 144. The molecule has 2 aliphatic rings. The minimum absolute atomic E-state index is 0.599. The van der Waals surface area contributed by atoms with Gasteiger partial charge in [-0.15, -0.1) is 0 Å². The summed E-state index contributed by atoms with van der Waals surface area (Å²) >= 11 is 0. The third-order valence-corrected chi connectivity index (χ3v) is 2.71. The molecule has 1 N–H and O–H groups in total. The summed E-state index contributed by atoms with van der Waals surface area (Å²) in [7, 11) is 0. The van der Waals surface area contributed by atoms with Gasteiger partial charge in [0.25, 0.3) is 0 Å². The lowest BCUT2D eigenvalue weighted by Gasteiger charge is -2.45. The Labute approximate surface area is 68.3 Å². The second-order valence-electron chi connectivity index (χ2n) is 4.67. The molecular formula is C9H17NO. The lowest BCUT2D eigenvalue weighted by molar-refractivity contribution is -0.0250. The average Bonchev–Trinajstić information content (AvgIpc) is 1.73. The Morgan fingerprint density at radius 1 is 1.18 bits per heavy atom. The summed E-state index contributed by atoms with van der Waals surface area (Å²) in [5, 5.41) is 3.58. The number of rotatable bonds is 2. The molecule has 1 saturated heterocycles. The molecule has 0 aromatic heterocycles. The number of hydrogen-bond donors (Lipinski definition) is 1. The van der Waals surface area contributed by atoms with Crippen LogP contribution >= 0.6 is 0 Å². The lowest BCUT2D eigenvalue weighted by Crippen LogP contribution is -2.56. The van der Waals surface area contributed by atoms with Gasteiger partial charge in [0.15, 0.2) is 0 Å². The van der Waals surface area contributed by atoms with Crippen LogP contribution in [0.3, 0.4) is 0 Å². The standard InChI is InChI=1S/C9H17NO/c1-9(2)3-7(4-9)10-8-5-11-6-8/h7-8,10H,3-6H2,1-2H3. The van der Waals surface area contributed by atoms with E-state index in [4.69, 9.17) is 4.74 Å². The predicted molar refractivity (Wildman–Crippen MR) is 44.5 cm³/mol. The lowest BCUT2D eigenvalue weighted by atomic mass is 9.68. The van der Waals surface area contributed by atoms with Crippen molar-refractivity contribution in [3.8, 4) is 0 Å².